The van der Waals surface area contributed by atoms with Crippen molar-refractivity contribution in [2.75, 3.05) is 31.5 Å². The molecular formula is C14H19N3OS. The van der Waals surface area contributed by atoms with Crippen LogP contribution in [0.1, 0.15) is 11.1 Å². The van der Waals surface area contributed by atoms with Crippen LogP contribution in [0, 0.1) is 13.8 Å². The van der Waals surface area contributed by atoms with Gasteiger partial charge in [-0.1, -0.05) is 6.07 Å². The summed E-state index contributed by atoms with van der Waals surface area (Å²) >= 11 is 5.41. The average Bonchev–Trinajstić information content (AvgIpc) is 2.43. The molecule has 1 aromatic carbocycles. The monoisotopic (exact) mass is 277 g/mol. The van der Waals surface area contributed by atoms with E-state index in [0.29, 0.717) is 0 Å². The third kappa shape index (κ3) is 3.44. The molecule has 1 aromatic rings. The largest absolute Gasteiger partial charge is 0.345 e. The molecule has 0 radical (unpaired) electrons. The molecule has 0 unspecified atom stereocenters. The lowest BCUT2D eigenvalue weighted by Gasteiger charge is -2.34. The number of rotatable bonds is 2. The summed E-state index contributed by atoms with van der Waals surface area (Å²) in [6.07, 6.45) is 0.900. The number of aryl methyl sites for hydroxylation is 2. The van der Waals surface area contributed by atoms with Crippen molar-refractivity contribution in [2.45, 2.75) is 13.8 Å². The molecular weight excluding hydrogens is 258 g/mol. The van der Waals surface area contributed by atoms with E-state index in [4.69, 9.17) is 12.2 Å². The first-order chi connectivity index (χ1) is 9.10. The number of amides is 1. The van der Waals surface area contributed by atoms with Crippen molar-refractivity contribution in [3.05, 3.63) is 29.3 Å². The van der Waals surface area contributed by atoms with E-state index in [1.54, 1.807) is 4.90 Å². The number of nitrogens with one attached hydrogen (secondary N) is 1. The van der Waals surface area contributed by atoms with Crippen molar-refractivity contribution in [3.63, 3.8) is 0 Å². The van der Waals surface area contributed by atoms with Crippen LogP contribution in [0.3, 0.4) is 0 Å². The summed E-state index contributed by atoms with van der Waals surface area (Å²) in [5.41, 5.74) is 3.54. The first kappa shape index (κ1) is 13.8. The lowest BCUT2D eigenvalue weighted by molar-refractivity contribution is -0.119. The molecule has 2 rings (SSSR count). The van der Waals surface area contributed by atoms with Gasteiger partial charge in [-0.05, 0) is 49.3 Å². The molecule has 1 fully saturated rings. The first-order valence-corrected chi connectivity index (χ1v) is 6.83. The molecule has 102 valence electrons. The summed E-state index contributed by atoms with van der Waals surface area (Å²) < 4.78 is 0. The van der Waals surface area contributed by atoms with Gasteiger partial charge in [0.25, 0.3) is 0 Å². The Balaban J connectivity index is 1.94. The minimum atomic E-state index is 0.730. The molecule has 1 heterocycles. The zero-order valence-electron chi connectivity index (χ0n) is 11.3. The Morgan fingerprint density at radius 2 is 1.89 bits per heavy atom. The van der Waals surface area contributed by atoms with Gasteiger partial charge in [0.1, 0.15) is 0 Å². The van der Waals surface area contributed by atoms with Gasteiger partial charge >= 0.3 is 0 Å². The van der Waals surface area contributed by atoms with Crippen LogP contribution in [0.5, 0.6) is 0 Å². The van der Waals surface area contributed by atoms with Crippen molar-refractivity contribution in [3.8, 4) is 0 Å². The third-order valence-corrected chi connectivity index (χ3v) is 3.87. The number of carbonyl (C=O) groups is 1. The highest BCUT2D eigenvalue weighted by molar-refractivity contribution is 7.80. The molecule has 5 heteroatoms. The van der Waals surface area contributed by atoms with Crippen molar-refractivity contribution in [2.24, 2.45) is 0 Å². The second kappa shape index (κ2) is 6.02. The van der Waals surface area contributed by atoms with Crippen LogP contribution < -0.4 is 5.32 Å². The number of nitrogens with zero attached hydrogens (tertiary/aromatic N) is 2. The normalized spacial score (nSPS) is 15.3. The Morgan fingerprint density at radius 1 is 1.21 bits per heavy atom. The number of anilines is 1. The number of thiocarbonyl (C=S) groups is 1. The number of hydrogen-bond donors (Lipinski definition) is 1. The molecule has 1 aliphatic heterocycles. The Morgan fingerprint density at radius 3 is 2.47 bits per heavy atom. The second-order valence-electron chi connectivity index (χ2n) is 4.86. The Labute approximate surface area is 119 Å². The van der Waals surface area contributed by atoms with Gasteiger partial charge in [-0.2, -0.15) is 0 Å². The number of piperazine rings is 1. The molecule has 0 atom stereocenters. The molecule has 4 nitrogen and oxygen atoms in total. The lowest BCUT2D eigenvalue weighted by atomic mass is 10.1. The molecule has 0 saturated carbocycles. The SMILES string of the molecule is Cc1ccc(NC(=S)N2CCN(C=O)CC2)cc1C. The summed E-state index contributed by atoms with van der Waals surface area (Å²) in [6, 6.07) is 6.23. The van der Waals surface area contributed by atoms with Crippen molar-refractivity contribution < 1.29 is 4.79 Å². The summed E-state index contributed by atoms with van der Waals surface area (Å²) in [4.78, 5) is 14.5. The molecule has 1 N–H and O–H groups in total. The van der Waals surface area contributed by atoms with Gasteiger partial charge in [-0.3, -0.25) is 4.79 Å². The molecule has 1 amide bonds. The smallest absolute Gasteiger partial charge is 0.209 e. The van der Waals surface area contributed by atoms with Crippen molar-refractivity contribution >= 4 is 29.4 Å². The van der Waals surface area contributed by atoms with Gasteiger partial charge in [0, 0.05) is 31.9 Å². The molecule has 1 aliphatic rings. The Kier molecular flexibility index (Phi) is 4.37. The first-order valence-electron chi connectivity index (χ1n) is 6.42. The topological polar surface area (TPSA) is 35.6 Å². The van der Waals surface area contributed by atoms with E-state index in [0.717, 1.165) is 43.4 Å². The number of carbonyl (C=O) groups excluding carboxylic acids is 1. The van der Waals surface area contributed by atoms with Gasteiger partial charge < -0.3 is 15.1 Å². The standard InChI is InChI=1S/C14H19N3OS/c1-11-3-4-13(9-12(11)2)15-14(19)17-7-5-16(10-18)6-8-17/h3-4,9-10H,5-8H2,1-2H3,(H,15,19). The maximum absolute atomic E-state index is 10.7. The maximum Gasteiger partial charge on any atom is 0.209 e. The lowest BCUT2D eigenvalue weighted by Crippen LogP contribution is -2.49. The Bertz CT molecular complexity index is 482. The van der Waals surface area contributed by atoms with Crippen LogP contribution in [0.15, 0.2) is 18.2 Å². The van der Waals surface area contributed by atoms with Crippen LogP contribution in [-0.4, -0.2) is 47.5 Å². The van der Waals surface area contributed by atoms with E-state index in [9.17, 15) is 4.79 Å². The van der Waals surface area contributed by atoms with E-state index in [1.807, 2.05) is 6.07 Å². The maximum atomic E-state index is 10.7. The average molecular weight is 277 g/mol. The zero-order chi connectivity index (χ0) is 13.8. The summed E-state index contributed by atoms with van der Waals surface area (Å²) in [5, 5.41) is 3.99. The van der Waals surface area contributed by atoms with E-state index in [1.165, 1.54) is 11.1 Å². The zero-order valence-corrected chi connectivity index (χ0v) is 12.2. The highest BCUT2D eigenvalue weighted by Gasteiger charge is 2.17. The van der Waals surface area contributed by atoms with E-state index < -0.39 is 0 Å². The van der Waals surface area contributed by atoms with Crippen LogP contribution in [0.4, 0.5) is 5.69 Å². The van der Waals surface area contributed by atoms with Crippen LogP contribution in [0.2, 0.25) is 0 Å². The fraction of sp³-hybridized carbons (Fsp3) is 0.429. The summed E-state index contributed by atoms with van der Waals surface area (Å²) in [6.45, 7) is 7.23. The van der Waals surface area contributed by atoms with Crippen LogP contribution in [-0.2, 0) is 4.79 Å². The van der Waals surface area contributed by atoms with Gasteiger partial charge in [0.2, 0.25) is 6.41 Å². The van der Waals surface area contributed by atoms with Crippen LogP contribution in [0.25, 0.3) is 0 Å². The summed E-state index contributed by atoms with van der Waals surface area (Å²) in [7, 11) is 0. The number of hydrogen-bond acceptors (Lipinski definition) is 2. The van der Waals surface area contributed by atoms with E-state index in [2.05, 4.69) is 36.2 Å². The highest BCUT2D eigenvalue weighted by Crippen LogP contribution is 2.15. The third-order valence-electron chi connectivity index (χ3n) is 3.51. The van der Waals surface area contributed by atoms with Gasteiger partial charge in [0.15, 0.2) is 5.11 Å². The van der Waals surface area contributed by atoms with E-state index >= 15 is 0 Å². The highest BCUT2D eigenvalue weighted by atomic mass is 32.1. The Hall–Kier alpha value is -1.62. The quantitative estimate of drug-likeness (QED) is 0.660. The fourth-order valence-corrected chi connectivity index (χ4v) is 2.35. The molecule has 0 bridgehead atoms. The summed E-state index contributed by atoms with van der Waals surface area (Å²) in [5.74, 6) is 0. The minimum Gasteiger partial charge on any atom is -0.345 e. The predicted octanol–water partition coefficient (Wildman–Crippen LogP) is 1.77. The van der Waals surface area contributed by atoms with Gasteiger partial charge in [-0.25, -0.2) is 0 Å². The molecule has 0 spiro atoms. The minimum absolute atomic E-state index is 0.730. The fourth-order valence-electron chi connectivity index (χ4n) is 2.05. The van der Waals surface area contributed by atoms with Crippen LogP contribution >= 0.6 is 12.2 Å². The molecule has 19 heavy (non-hydrogen) atoms. The van der Waals surface area contributed by atoms with E-state index in [-0.39, 0.29) is 0 Å². The second-order valence-corrected chi connectivity index (χ2v) is 5.24. The van der Waals surface area contributed by atoms with Crippen molar-refractivity contribution in [1.82, 2.24) is 9.80 Å². The predicted molar refractivity (Wildman–Crippen MR) is 81.3 cm³/mol. The number of benzene rings is 1. The van der Waals surface area contributed by atoms with Crippen molar-refractivity contribution in [1.29, 1.82) is 0 Å². The molecule has 0 aromatic heterocycles. The molecule has 1 saturated heterocycles. The molecule has 0 aliphatic carbocycles. The van der Waals surface area contributed by atoms with Gasteiger partial charge in [0.05, 0.1) is 0 Å². The van der Waals surface area contributed by atoms with Gasteiger partial charge in [-0.15, -0.1) is 0 Å².